The number of amides is 1. The first kappa shape index (κ1) is 18.6. The number of pyridine rings is 1. The topological polar surface area (TPSA) is 128 Å². The van der Waals surface area contributed by atoms with E-state index >= 15 is 0 Å². The molecule has 0 bridgehead atoms. The lowest BCUT2D eigenvalue weighted by atomic mass is 10.3. The third-order valence-electron chi connectivity index (χ3n) is 2.88. The summed E-state index contributed by atoms with van der Waals surface area (Å²) in [4.78, 5) is 15.2. The molecule has 0 aliphatic rings. The molecule has 0 aliphatic carbocycles. The Balaban J connectivity index is 2.26. The molecule has 2 aromatic rings. The minimum atomic E-state index is -3.90. The Hall–Kier alpha value is -1.78. The highest BCUT2D eigenvalue weighted by Crippen LogP contribution is 2.30. The van der Waals surface area contributed by atoms with Gasteiger partial charge in [0.1, 0.15) is 10.7 Å². The smallest absolute Gasteiger partial charge is 0.265 e. The Bertz CT molecular complexity index is 859. The van der Waals surface area contributed by atoms with Crippen molar-refractivity contribution in [3.05, 3.63) is 41.0 Å². The van der Waals surface area contributed by atoms with E-state index in [4.69, 9.17) is 11.5 Å². The summed E-state index contributed by atoms with van der Waals surface area (Å²) in [6, 6.07) is 8.25. The van der Waals surface area contributed by atoms with E-state index in [1.54, 1.807) is 24.3 Å². The van der Waals surface area contributed by atoms with Gasteiger partial charge in [0, 0.05) is 27.7 Å². The Morgan fingerprint density at radius 2 is 2.04 bits per heavy atom. The maximum atomic E-state index is 12.6. The predicted molar refractivity (Wildman–Crippen MR) is 98.1 cm³/mol. The van der Waals surface area contributed by atoms with Crippen molar-refractivity contribution in [1.29, 1.82) is 0 Å². The molecule has 128 valence electrons. The second-order valence-electron chi connectivity index (χ2n) is 4.70. The molecule has 0 unspecified atom stereocenters. The van der Waals surface area contributed by atoms with E-state index in [1.165, 1.54) is 24.0 Å². The second kappa shape index (κ2) is 7.86. The molecule has 2 rings (SSSR count). The first-order valence-electron chi connectivity index (χ1n) is 6.73. The number of anilines is 2. The number of carbonyl (C=O) groups is 1. The van der Waals surface area contributed by atoms with Crippen molar-refractivity contribution in [2.75, 3.05) is 16.2 Å². The fourth-order valence-corrected chi connectivity index (χ4v) is 4.49. The van der Waals surface area contributed by atoms with Crippen molar-refractivity contribution in [2.45, 2.75) is 16.2 Å². The number of benzene rings is 1. The molecule has 0 saturated heterocycles. The second-order valence-corrected chi connectivity index (χ2v) is 8.41. The largest absolute Gasteiger partial charge is 0.383 e. The maximum Gasteiger partial charge on any atom is 0.265 e. The number of hydrogen-bond donors (Lipinski definition) is 3. The van der Waals surface area contributed by atoms with E-state index in [2.05, 4.69) is 25.6 Å². The molecule has 0 aliphatic heterocycles. The highest BCUT2D eigenvalue weighted by Gasteiger charge is 2.20. The Labute approximate surface area is 152 Å². The molecule has 0 saturated carbocycles. The van der Waals surface area contributed by atoms with Crippen molar-refractivity contribution < 1.29 is 13.2 Å². The van der Waals surface area contributed by atoms with Gasteiger partial charge in [-0.3, -0.25) is 9.52 Å². The van der Waals surface area contributed by atoms with Crippen LogP contribution in [0.15, 0.2) is 50.8 Å². The summed E-state index contributed by atoms with van der Waals surface area (Å²) in [5.74, 6) is -0.0487. The van der Waals surface area contributed by atoms with E-state index in [9.17, 15) is 13.2 Å². The Kier molecular flexibility index (Phi) is 6.08. The van der Waals surface area contributed by atoms with E-state index in [1.807, 2.05) is 0 Å². The third-order valence-corrected chi connectivity index (χ3v) is 5.78. The zero-order valence-corrected chi connectivity index (χ0v) is 15.6. The Morgan fingerprint density at radius 1 is 1.33 bits per heavy atom. The van der Waals surface area contributed by atoms with Gasteiger partial charge in [0.2, 0.25) is 5.91 Å². The summed E-state index contributed by atoms with van der Waals surface area (Å²) in [6.45, 7) is 0. The molecule has 1 heterocycles. The van der Waals surface area contributed by atoms with Crippen LogP contribution in [0.1, 0.15) is 6.42 Å². The summed E-state index contributed by atoms with van der Waals surface area (Å²) in [5.41, 5.74) is 11.2. The number of rotatable bonds is 7. The van der Waals surface area contributed by atoms with Gasteiger partial charge in [-0.25, -0.2) is 13.4 Å². The van der Waals surface area contributed by atoms with Crippen molar-refractivity contribution >= 4 is 55.1 Å². The van der Waals surface area contributed by atoms with Crippen molar-refractivity contribution in [2.24, 2.45) is 5.73 Å². The number of thioether (sulfide) groups is 1. The highest BCUT2D eigenvalue weighted by atomic mass is 79.9. The molecule has 0 fully saturated rings. The van der Waals surface area contributed by atoms with Crippen molar-refractivity contribution in [1.82, 2.24) is 4.98 Å². The highest BCUT2D eigenvalue weighted by molar-refractivity contribution is 9.10. The number of sulfonamides is 1. The van der Waals surface area contributed by atoms with Crippen LogP contribution < -0.4 is 16.2 Å². The van der Waals surface area contributed by atoms with Crippen LogP contribution in [0, 0.1) is 0 Å². The van der Waals surface area contributed by atoms with Gasteiger partial charge in [-0.1, -0.05) is 12.1 Å². The SMILES string of the molecule is NC(=O)CCSc1ccccc1NS(=O)(=O)c1cc(Br)cnc1N. The van der Waals surface area contributed by atoms with Crippen LogP contribution in [0.5, 0.6) is 0 Å². The first-order valence-corrected chi connectivity index (χ1v) is 10.00. The molecular weight excluding hydrogens is 416 g/mol. The number of nitrogens with one attached hydrogen (secondary N) is 1. The van der Waals surface area contributed by atoms with Crippen molar-refractivity contribution in [3.63, 3.8) is 0 Å². The monoisotopic (exact) mass is 430 g/mol. The van der Waals surface area contributed by atoms with E-state index in [0.29, 0.717) is 20.8 Å². The molecule has 7 nitrogen and oxygen atoms in total. The predicted octanol–water partition coefficient (Wildman–Crippen LogP) is 2.19. The van der Waals surface area contributed by atoms with Crippen LogP contribution in [-0.2, 0) is 14.8 Å². The number of primary amides is 1. The summed E-state index contributed by atoms with van der Waals surface area (Å²) in [6.07, 6.45) is 1.62. The molecule has 1 aromatic heterocycles. The molecule has 24 heavy (non-hydrogen) atoms. The van der Waals surface area contributed by atoms with Crippen LogP contribution in [0.2, 0.25) is 0 Å². The molecule has 10 heteroatoms. The lowest BCUT2D eigenvalue weighted by molar-refractivity contribution is -0.117. The van der Waals surface area contributed by atoms with Gasteiger partial charge in [0.05, 0.1) is 5.69 Å². The first-order chi connectivity index (χ1) is 11.3. The van der Waals surface area contributed by atoms with Crippen LogP contribution in [-0.4, -0.2) is 25.1 Å². The fourth-order valence-electron chi connectivity index (χ4n) is 1.78. The number of nitrogens with zero attached hydrogens (tertiary/aromatic N) is 1. The lowest BCUT2D eigenvalue weighted by Gasteiger charge is -2.13. The standard InChI is InChI=1S/C14H15BrN4O3S2/c15-9-7-12(14(17)18-8-9)24(21,22)19-10-3-1-2-4-11(10)23-6-5-13(16)20/h1-4,7-8,19H,5-6H2,(H2,16,20)(H2,17,18). The molecule has 0 atom stereocenters. The zero-order chi connectivity index (χ0) is 17.7. The lowest BCUT2D eigenvalue weighted by Crippen LogP contribution is -2.16. The van der Waals surface area contributed by atoms with Gasteiger partial charge < -0.3 is 11.5 Å². The summed E-state index contributed by atoms with van der Waals surface area (Å²) in [7, 11) is -3.90. The number of carbonyl (C=O) groups excluding carboxylic acids is 1. The maximum absolute atomic E-state index is 12.6. The van der Waals surface area contributed by atoms with E-state index < -0.39 is 15.9 Å². The molecule has 1 amide bonds. The molecule has 5 N–H and O–H groups in total. The van der Waals surface area contributed by atoms with Gasteiger partial charge in [-0.15, -0.1) is 11.8 Å². The van der Waals surface area contributed by atoms with E-state index in [-0.39, 0.29) is 17.1 Å². The van der Waals surface area contributed by atoms with Gasteiger partial charge >= 0.3 is 0 Å². The van der Waals surface area contributed by atoms with Crippen LogP contribution in [0.3, 0.4) is 0 Å². The number of nitrogen functional groups attached to an aromatic ring is 1. The zero-order valence-electron chi connectivity index (χ0n) is 12.4. The molecule has 0 spiro atoms. The summed E-state index contributed by atoms with van der Waals surface area (Å²) < 4.78 is 28.2. The van der Waals surface area contributed by atoms with Gasteiger partial charge in [0.15, 0.2) is 0 Å². The number of aromatic nitrogens is 1. The molecule has 0 radical (unpaired) electrons. The van der Waals surface area contributed by atoms with Gasteiger partial charge in [-0.2, -0.15) is 0 Å². The molecular formula is C14H15BrN4O3S2. The average molecular weight is 431 g/mol. The van der Waals surface area contributed by atoms with Crippen molar-refractivity contribution in [3.8, 4) is 0 Å². The van der Waals surface area contributed by atoms with Crippen LogP contribution >= 0.6 is 27.7 Å². The number of halogens is 1. The van der Waals surface area contributed by atoms with Gasteiger partial charge in [0.25, 0.3) is 10.0 Å². The number of nitrogens with two attached hydrogens (primary N) is 2. The quantitative estimate of drug-likeness (QED) is 0.577. The van der Waals surface area contributed by atoms with Crippen LogP contribution in [0.25, 0.3) is 0 Å². The number of hydrogen-bond acceptors (Lipinski definition) is 6. The van der Waals surface area contributed by atoms with Crippen LogP contribution in [0.4, 0.5) is 11.5 Å². The Morgan fingerprint density at radius 3 is 2.75 bits per heavy atom. The molecule has 1 aromatic carbocycles. The summed E-state index contributed by atoms with van der Waals surface area (Å²) in [5, 5.41) is 0. The minimum absolute atomic E-state index is 0.0930. The average Bonchev–Trinajstić information content (AvgIpc) is 2.50. The third kappa shape index (κ3) is 4.86. The normalized spacial score (nSPS) is 11.2. The van der Waals surface area contributed by atoms with E-state index in [0.717, 1.165) is 0 Å². The van der Waals surface area contributed by atoms with Gasteiger partial charge in [-0.05, 0) is 34.1 Å². The minimum Gasteiger partial charge on any atom is -0.383 e. The fraction of sp³-hybridized carbons (Fsp3) is 0.143. The number of para-hydroxylation sites is 1. The summed E-state index contributed by atoms with van der Waals surface area (Å²) >= 11 is 4.51.